The molecule has 0 aliphatic carbocycles. The maximum Gasteiger partial charge on any atom is 0.113 e. The lowest BCUT2D eigenvalue weighted by Gasteiger charge is -1.96. The summed E-state index contributed by atoms with van der Waals surface area (Å²) < 4.78 is 0. The third-order valence-electron chi connectivity index (χ3n) is 1.94. The molecule has 12 heavy (non-hydrogen) atoms. The molecule has 0 aliphatic heterocycles. The van der Waals surface area contributed by atoms with Crippen molar-refractivity contribution in [2.75, 3.05) is 0 Å². The van der Waals surface area contributed by atoms with Gasteiger partial charge in [0, 0.05) is 0 Å². The molecule has 64 valence electrons. The minimum Gasteiger partial charge on any atom is -0.412 e. The molecular weight excluding hydrogens is 154 g/mol. The van der Waals surface area contributed by atoms with E-state index in [9.17, 15) is 0 Å². The summed E-state index contributed by atoms with van der Waals surface area (Å²) in [6.07, 6.45) is 0. The Labute approximate surface area is 69.9 Å². The summed E-state index contributed by atoms with van der Waals surface area (Å²) in [5, 5.41) is 10.5. The number of aromatic amines is 1. The SMILES string of the molecule is Cc1cc2nn[nH]c2cc1C.O. The van der Waals surface area contributed by atoms with Crippen LogP contribution >= 0.6 is 0 Å². The molecule has 0 atom stereocenters. The molecule has 0 saturated heterocycles. The lowest BCUT2D eigenvalue weighted by Crippen LogP contribution is -1.79. The number of aryl methyl sites for hydroxylation is 2. The Bertz CT molecular complexity index is 358. The van der Waals surface area contributed by atoms with Gasteiger partial charge in [0.2, 0.25) is 0 Å². The van der Waals surface area contributed by atoms with Gasteiger partial charge in [-0.2, -0.15) is 0 Å². The first kappa shape index (κ1) is 8.67. The average Bonchev–Trinajstić information content (AvgIpc) is 2.36. The average molecular weight is 165 g/mol. The number of fused-ring (bicyclic) bond motifs is 1. The fraction of sp³-hybridized carbons (Fsp3) is 0.250. The summed E-state index contributed by atoms with van der Waals surface area (Å²) >= 11 is 0. The van der Waals surface area contributed by atoms with Gasteiger partial charge < -0.3 is 5.48 Å². The van der Waals surface area contributed by atoms with Crippen molar-refractivity contribution in [3.63, 3.8) is 0 Å². The Balaban J connectivity index is 0.000000720. The van der Waals surface area contributed by atoms with E-state index in [1.54, 1.807) is 0 Å². The van der Waals surface area contributed by atoms with Gasteiger partial charge in [0.1, 0.15) is 5.52 Å². The van der Waals surface area contributed by atoms with Crippen molar-refractivity contribution in [1.82, 2.24) is 15.4 Å². The van der Waals surface area contributed by atoms with Crippen LogP contribution in [0.1, 0.15) is 11.1 Å². The Morgan fingerprint density at radius 1 is 1.17 bits per heavy atom. The maximum absolute atomic E-state index is 3.92. The highest BCUT2D eigenvalue weighted by molar-refractivity contribution is 5.75. The fourth-order valence-electron chi connectivity index (χ4n) is 1.11. The maximum atomic E-state index is 3.92. The van der Waals surface area contributed by atoms with Crippen molar-refractivity contribution >= 4 is 11.0 Å². The van der Waals surface area contributed by atoms with E-state index in [2.05, 4.69) is 35.3 Å². The van der Waals surface area contributed by atoms with Crippen molar-refractivity contribution in [3.8, 4) is 0 Å². The van der Waals surface area contributed by atoms with Crippen LogP contribution in [0.3, 0.4) is 0 Å². The van der Waals surface area contributed by atoms with Gasteiger partial charge in [0.15, 0.2) is 0 Å². The Morgan fingerprint density at radius 2 is 1.83 bits per heavy atom. The van der Waals surface area contributed by atoms with Gasteiger partial charge in [-0.05, 0) is 37.1 Å². The van der Waals surface area contributed by atoms with Gasteiger partial charge in [-0.1, -0.05) is 5.21 Å². The molecule has 4 heteroatoms. The Morgan fingerprint density at radius 3 is 2.58 bits per heavy atom. The number of nitrogens with one attached hydrogen (secondary N) is 1. The molecule has 1 aromatic carbocycles. The molecule has 0 radical (unpaired) electrons. The van der Waals surface area contributed by atoms with E-state index < -0.39 is 0 Å². The molecule has 4 nitrogen and oxygen atoms in total. The number of nitrogens with zero attached hydrogens (tertiary/aromatic N) is 2. The zero-order chi connectivity index (χ0) is 7.84. The first-order valence-corrected chi connectivity index (χ1v) is 3.55. The molecule has 0 fully saturated rings. The molecule has 0 saturated carbocycles. The van der Waals surface area contributed by atoms with Crippen molar-refractivity contribution in [2.24, 2.45) is 0 Å². The quantitative estimate of drug-likeness (QED) is 0.625. The smallest absolute Gasteiger partial charge is 0.113 e. The molecule has 1 heterocycles. The number of hydrogen-bond acceptors (Lipinski definition) is 2. The summed E-state index contributed by atoms with van der Waals surface area (Å²) in [6, 6.07) is 4.10. The van der Waals surface area contributed by atoms with Gasteiger partial charge in [0.25, 0.3) is 0 Å². The first-order chi connectivity index (χ1) is 5.27. The molecule has 2 aromatic rings. The highest BCUT2D eigenvalue weighted by atomic mass is 16.0. The molecule has 0 aliphatic rings. The van der Waals surface area contributed by atoms with Crippen LogP contribution < -0.4 is 0 Å². The third-order valence-corrected chi connectivity index (χ3v) is 1.94. The molecule has 0 spiro atoms. The van der Waals surface area contributed by atoms with Gasteiger partial charge >= 0.3 is 0 Å². The predicted molar refractivity (Wildman–Crippen MR) is 47.0 cm³/mol. The van der Waals surface area contributed by atoms with E-state index in [1.165, 1.54) is 11.1 Å². The minimum absolute atomic E-state index is 0. The topological polar surface area (TPSA) is 73.1 Å². The normalized spacial score (nSPS) is 9.83. The highest BCUT2D eigenvalue weighted by Gasteiger charge is 1.98. The summed E-state index contributed by atoms with van der Waals surface area (Å²) in [5.41, 5.74) is 4.47. The van der Waals surface area contributed by atoms with Crippen molar-refractivity contribution in [1.29, 1.82) is 0 Å². The number of rotatable bonds is 0. The zero-order valence-electron chi connectivity index (χ0n) is 7.05. The molecule has 3 N–H and O–H groups in total. The number of H-pyrrole nitrogens is 1. The first-order valence-electron chi connectivity index (χ1n) is 3.55. The van der Waals surface area contributed by atoms with Crippen molar-refractivity contribution < 1.29 is 5.48 Å². The van der Waals surface area contributed by atoms with E-state index in [0.29, 0.717) is 0 Å². The van der Waals surface area contributed by atoms with E-state index >= 15 is 0 Å². The minimum atomic E-state index is 0. The molecular formula is C8H11N3O. The monoisotopic (exact) mass is 165 g/mol. The van der Waals surface area contributed by atoms with Gasteiger partial charge in [-0.25, -0.2) is 0 Å². The number of aromatic nitrogens is 3. The van der Waals surface area contributed by atoms with Crippen LogP contribution in [-0.4, -0.2) is 20.9 Å². The Kier molecular flexibility index (Phi) is 2.10. The van der Waals surface area contributed by atoms with Crippen LogP contribution in [0, 0.1) is 13.8 Å². The Hall–Kier alpha value is -1.42. The molecule has 0 amide bonds. The lowest BCUT2D eigenvalue weighted by atomic mass is 10.1. The van der Waals surface area contributed by atoms with Crippen LogP contribution in [-0.2, 0) is 0 Å². The highest BCUT2D eigenvalue weighted by Crippen LogP contribution is 2.13. The van der Waals surface area contributed by atoms with E-state index in [4.69, 9.17) is 0 Å². The lowest BCUT2D eigenvalue weighted by molar-refractivity contribution is 0.824. The summed E-state index contributed by atoms with van der Waals surface area (Å²) in [6.45, 7) is 4.15. The van der Waals surface area contributed by atoms with Gasteiger partial charge in [-0.15, -0.1) is 5.10 Å². The van der Waals surface area contributed by atoms with E-state index in [0.717, 1.165) is 11.0 Å². The van der Waals surface area contributed by atoms with Crippen molar-refractivity contribution in [2.45, 2.75) is 13.8 Å². The predicted octanol–water partition coefficient (Wildman–Crippen LogP) is 0.750. The van der Waals surface area contributed by atoms with Gasteiger partial charge in [0.05, 0.1) is 5.52 Å². The van der Waals surface area contributed by atoms with Crippen LogP contribution in [0.4, 0.5) is 0 Å². The summed E-state index contributed by atoms with van der Waals surface area (Å²) in [4.78, 5) is 0. The molecule has 0 unspecified atom stereocenters. The second kappa shape index (κ2) is 2.91. The largest absolute Gasteiger partial charge is 0.412 e. The van der Waals surface area contributed by atoms with Crippen molar-refractivity contribution in [3.05, 3.63) is 23.3 Å². The van der Waals surface area contributed by atoms with Crippen LogP contribution in [0.5, 0.6) is 0 Å². The van der Waals surface area contributed by atoms with Gasteiger partial charge in [-0.3, -0.25) is 5.10 Å². The summed E-state index contributed by atoms with van der Waals surface area (Å²) in [5.74, 6) is 0. The standard InChI is InChI=1S/C8H9N3.H2O/c1-5-3-7-8(4-6(5)2)10-11-9-7;/h3-4H,1-2H3,(H,9,10,11);1H2. The molecule has 1 aromatic heterocycles. The van der Waals surface area contributed by atoms with Crippen LogP contribution in [0.15, 0.2) is 12.1 Å². The molecule has 0 bridgehead atoms. The zero-order valence-corrected chi connectivity index (χ0v) is 7.05. The third kappa shape index (κ3) is 1.16. The molecule has 2 rings (SSSR count). The van der Waals surface area contributed by atoms with E-state index in [1.807, 2.05) is 6.07 Å². The fourth-order valence-corrected chi connectivity index (χ4v) is 1.11. The summed E-state index contributed by atoms with van der Waals surface area (Å²) in [7, 11) is 0. The van der Waals surface area contributed by atoms with Crippen LogP contribution in [0.25, 0.3) is 11.0 Å². The second-order valence-corrected chi connectivity index (χ2v) is 2.77. The second-order valence-electron chi connectivity index (χ2n) is 2.77. The van der Waals surface area contributed by atoms with Crippen LogP contribution in [0.2, 0.25) is 0 Å². The number of benzene rings is 1. The number of hydrogen-bond donors (Lipinski definition) is 1. The van der Waals surface area contributed by atoms with E-state index in [-0.39, 0.29) is 5.48 Å².